The Hall–Kier alpha value is -1.08. The molecule has 0 amide bonds. The van der Waals surface area contributed by atoms with Crippen LogP contribution in [0.1, 0.15) is 11.1 Å². The Morgan fingerprint density at radius 3 is 2.67 bits per heavy atom. The van der Waals surface area contributed by atoms with Gasteiger partial charge in [0.05, 0.1) is 4.90 Å². The average molecular weight is 390 g/mol. The molecule has 0 saturated heterocycles. The van der Waals surface area contributed by atoms with Crippen LogP contribution in [-0.4, -0.2) is 8.42 Å². The molecule has 0 heterocycles. The van der Waals surface area contributed by atoms with Gasteiger partial charge < -0.3 is 5.73 Å². The van der Waals surface area contributed by atoms with E-state index >= 15 is 0 Å². The second-order valence-electron chi connectivity index (χ2n) is 4.57. The SMILES string of the molecule is Cc1c(N)cc(Cl)cc1S(=O)(=O)NCc1cccc(Br)c1. The Bertz CT molecular complexity index is 779. The lowest BCUT2D eigenvalue weighted by molar-refractivity contribution is 0.580. The van der Waals surface area contributed by atoms with Crippen LogP contribution in [0, 0.1) is 6.92 Å². The summed E-state index contributed by atoms with van der Waals surface area (Å²) in [5.41, 5.74) is 7.45. The molecule has 2 rings (SSSR count). The van der Waals surface area contributed by atoms with Crippen LogP contribution in [0.2, 0.25) is 5.02 Å². The third-order valence-electron chi connectivity index (χ3n) is 3.01. The number of nitrogen functional groups attached to an aromatic ring is 1. The second-order valence-corrected chi connectivity index (χ2v) is 7.66. The number of nitrogens with one attached hydrogen (secondary N) is 1. The van der Waals surface area contributed by atoms with Crippen molar-refractivity contribution >= 4 is 43.2 Å². The molecule has 0 radical (unpaired) electrons. The lowest BCUT2D eigenvalue weighted by Gasteiger charge is -2.12. The van der Waals surface area contributed by atoms with E-state index in [0.717, 1.165) is 10.0 Å². The number of hydrogen-bond donors (Lipinski definition) is 2. The van der Waals surface area contributed by atoms with Crippen LogP contribution >= 0.6 is 27.5 Å². The number of halogens is 2. The fourth-order valence-corrected chi connectivity index (χ4v) is 3.91. The molecule has 0 fully saturated rings. The molecule has 0 atom stereocenters. The zero-order chi connectivity index (χ0) is 15.6. The summed E-state index contributed by atoms with van der Waals surface area (Å²) in [5, 5.41) is 0.293. The number of hydrogen-bond acceptors (Lipinski definition) is 3. The van der Waals surface area contributed by atoms with Crippen molar-refractivity contribution in [1.29, 1.82) is 0 Å². The van der Waals surface area contributed by atoms with Crippen LogP contribution in [0.4, 0.5) is 5.69 Å². The van der Waals surface area contributed by atoms with E-state index in [9.17, 15) is 8.42 Å². The maximum atomic E-state index is 12.4. The smallest absolute Gasteiger partial charge is 0.241 e. The van der Waals surface area contributed by atoms with Crippen LogP contribution < -0.4 is 10.5 Å². The monoisotopic (exact) mass is 388 g/mol. The quantitative estimate of drug-likeness (QED) is 0.786. The summed E-state index contributed by atoms with van der Waals surface area (Å²) < 4.78 is 28.2. The first kappa shape index (κ1) is 16.3. The minimum absolute atomic E-state index is 0.0995. The van der Waals surface area contributed by atoms with Crippen molar-refractivity contribution in [2.24, 2.45) is 0 Å². The fourth-order valence-electron chi connectivity index (χ4n) is 1.86. The van der Waals surface area contributed by atoms with Crippen LogP contribution in [0.3, 0.4) is 0 Å². The summed E-state index contributed by atoms with van der Waals surface area (Å²) in [7, 11) is -3.68. The first-order chi connectivity index (χ1) is 9.79. The molecule has 0 aliphatic carbocycles. The van der Waals surface area contributed by atoms with Gasteiger partial charge in [-0.1, -0.05) is 39.7 Å². The summed E-state index contributed by atoms with van der Waals surface area (Å²) in [6.45, 7) is 1.84. The van der Waals surface area contributed by atoms with E-state index in [0.29, 0.717) is 16.3 Å². The number of benzene rings is 2. The molecule has 21 heavy (non-hydrogen) atoms. The number of anilines is 1. The highest BCUT2D eigenvalue weighted by atomic mass is 79.9. The first-order valence-electron chi connectivity index (χ1n) is 6.09. The molecule has 7 heteroatoms. The van der Waals surface area contributed by atoms with Gasteiger partial charge in [-0.25, -0.2) is 13.1 Å². The standard InChI is InChI=1S/C14H14BrClN2O2S/c1-9-13(17)6-12(16)7-14(9)21(19,20)18-8-10-3-2-4-11(15)5-10/h2-7,18H,8,17H2,1H3. The zero-order valence-corrected chi connectivity index (χ0v) is 14.4. The van der Waals surface area contributed by atoms with Crippen molar-refractivity contribution in [2.45, 2.75) is 18.4 Å². The Morgan fingerprint density at radius 2 is 2.00 bits per heavy atom. The maximum Gasteiger partial charge on any atom is 0.241 e. The van der Waals surface area contributed by atoms with Crippen LogP contribution in [-0.2, 0) is 16.6 Å². The van der Waals surface area contributed by atoms with Gasteiger partial charge in [-0.15, -0.1) is 0 Å². The second kappa shape index (κ2) is 6.36. The van der Waals surface area contributed by atoms with Gasteiger partial charge >= 0.3 is 0 Å². The summed E-state index contributed by atoms with van der Waals surface area (Å²) >= 11 is 9.23. The molecule has 3 N–H and O–H groups in total. The molecule has 0 saturated carbocycles. The van der Waals surface area contributed by atoms with Gasteiger partial charge in [-0.2, -0.15) is 0 Å². The Kier molecular flexibility index (Phi) is 4.93. The molecule has 2 aromatic rings. The van der Waals surface area contributed by atoms with Crippen molar-refractivity contribution < 1.29 is 8.42 Å². The van der Waals surface area contributed by atoms with Crippen molar-refractivity contribution in [3.63, 3.8) is 0 Å². The van der Waals surface area contributed by atoms with Gasteiger partial charge in [0, 0.05) is 21.7 Å². The van der Waals surface area contributed by atoms with E-state index in [4.69, 9.17) is 17.3 Å². The molecule has 0 bridgehead atoms. The van der Waals surface area contributed by atoms with Gasteiger partial charge in [-0.05, 0) is 42.3 Å². The van der Waals surface area contributed by atoms with Crippen LogP contribution in [0.25, 0.3) is 0 Å². The number of sulfonamides is 1. The van der Waals surface area contributed by atoms with Crippen molar-refractivity contribution in [3.05, 3.63) is 57.0 Å². The number of nitrogens with two attached hydrogens (primary N) is 1. The van der Waals surface area contributed by atoms with Gasteiger partial charge in [0.2, 0.25) is 10.0 Å². The minimum atomic E-state index is -3.68. The topological polar surface area (TPSA) is 72.2 Å². The van der Waals surface area contributed by atoms with Crippen molar-refractivity contribution in [3.8, 4) is 0 Å². The van der Waals surface area contributed by atoms with Crippen LogP contribution in [0.15, 0.2) is 45.8 Å². The Morgan fingerprint density at radius 1 is 1.29 bits per heavy atom. The van der Waals surface area contributed by atoms with Crippen molar-refractivity contribution in [2.75, 3.05) is 5.73 Å². The van der Waals surface area contributed by atoms with Gasteiger partial charge in [0.15, 0.2) is 0 Å². The van der Waals surface area contributed by atoms with Crippen molar-refractivity contribution in [1.82, 2.24) is 4.72 Å². The predicted molar refractivity (Wildman–Crippen MR) is 88.8 cm³/mol. The summed E-state index contributed by atoms with van der Waals surface area (Å²) in [6.07, 6.45) is 0. The van der Waals surface area contributed by atoms with E-state index in [1.165, 1.54) is 12.1 Å². The summed E-state index contributed by atoms with van der Waals surface area (Å²) in [4.78, 5) is 0.0995. The molecule has 0 aromatic heterocycles. The van der Waals surface area contributed by atoms with E-state index < -0.39 is 10.0 Å². The Labute approximate surface area is 137 Å². The van der Waals surface area contributed by atoms with Crippen LogP contribution in [0.5, 0.6) is 0 Å². The average Bonchev–Trinajstić information content (AvgIpc) is 2.41. The third-order valence-corrected chi connectivity index (χ3v) is 5.25. The largest absolute Gasteiger partial charge is 0.398 e. The molecule has 4 nitrogen and oxygen atoms in total. The minimum Gasteiger partial charge on any atom is -0.398 e. The van der Waals surface area contributed by atoms with Gasteiger partial charge in [0.25, 0.3) is 0 Å². The molecule has 0 spiro atoms. The molecule has 0 unspecified atom stereocenters. The van der Waals surface area contributed by atoms with Gasteiger partial charge in [0.1, 0.15) is 0 Å². The maximum absolute atomic E-state index is 12.4. The third kappa shape index (κ3) is 3.97. The summed E-state index contributed by atoms with van der Waals surface area (Å²) in [6, 6.07) is 10.3. The van der Waals surface area contributed by atoms with E-state index in [1.807, 2.05) is 24.3 Å². The highest BCUT2D eigenvalue weighted by molar-refractivity contribution is 9.10. The van der Waals surface area contributed by atoms with E-state index in [-0.39, 0.29) is 11.4 Å². The fraction of sp³-hybridized carbons (Fsp3) is 0.143. The normalized spacial score (nSPS) is 11.6. The lowest BCUT2D eigenvalue weighted by Crippen LogP contribution is -2.24. The molecular weight excluding hydrogens is 376 g/mol. The molecule has 112 valence electrons. The highest BCUT2D eigenvalue weighted by Crippen LogP contribution is 2.26. The summed E-state index contributed by atoms with van der Waals surface area (Å²) in [5.74, 6) is 0. The molecule has 0 aliphatic heterocycles. The van der Waals surface area contributed by atoms with E-state index in [2.05, 4.69) is 20.7 Å². The number of rotatable bonds is 4. The van der Waals surface area contributed by atoms with E-state index in [1.54, 1.807) is 6.92 Å². The molecular formula is C14H14BrClN2O2S. The zero-order valence-electron chi connectivity index (χ0n) is 11.2. The molecule has 2 aromatic carbocycles. The molecule has 0 aliphatic rings. The van der Waals surface area contributed by atoms with Gasteiger partial charge in [-0.3, -0.25) is 0 Å². The predicted octanol–water partition coefficient (Wildman–Crippen LogP) is 3.47. The first-order valence-corrected chi connectivity index (χ1v) is 8.75. The Balaban J connectivity index is 2.27. The highest BCUT2D eigenvalue weighted by Gasteiger charge is 2.18. The lowest BCUT2D eigenvalue weighted by atomic mass is 10.2.